The number of carbonyl (C=O) groups excluding carboxylic acids is 1. The molecule has 0 aromatic carbocycles. The summed E-state index contributed by atoms with van der Waals surface area (Å²) in [4.78, 5) is 20.2. The van der Waals surface area contributed by atoms with Gasteiger partial charge in [0.05, 0.1) is 5.02 Å². The number of aryl methyl sites for hydroxylation is 2. The minimum Gasteiger partial charge on any atom is -0.342 e. The van der Waals surface area contributed by atoms with E-state index in [2.05, 4.69) is 15.3 Å². The van der Waals surface area contributed by atoms with E-state index in [0.717, 1.165) is 0 Å². The molecule has 7 heteroatoms. The van der Waals surface area contributed by atoms with Gasteiger partial charge >= 0.3 is 0 Å². The largest absolute Gasteiger partial charge is 0.342 e. The van der Waals surface area contributed by atoms with Crippen molar-refractivity contribution in [2.45, 2.75) is 20.4 Å². The topological polar surface area (TPSA) is 59.8 Å². The van der Waals surface area contributed by atoms with Gasteiger partial charge in [0.1, 0.15) is 10.8 Å². The number of anilines is 1. The van der Waals surface area contributed by atoms with Crippen LogP contribution in [0.25, 0.3) is 0 Å². The SMILES string of the molecule is CCn1cc(Cl)cc1C(=O)Nc1nc(C)cc(Cl)n1. The van der Waals surface area contributed by atoms with Gasteiger partial charge in [0.2, 0.25) is 5.95 Å². The molecule has 2 rings (SSSR count). The second kappa shape index (κ2) is 5.59. The van der Waals surface area contributed by atoms with Gasteiger partial charge in [-0.15, -0.1) is 0 Å². The monoisotopic (exact) mass is 298 g/mol. The average Bonchev–Trinajstić information content (AvgIpc) is 2.69. The van der Waals surface area contributed by atoms with Crippen LogP contribution in [0.2, 0.25) is 10.2 Å². The molecule has 0 unspecified atom stereocenters. The summed E-state index contributed by atoms with van der Waals surface area (Å²) in [6.07, 6.45) is 1.69. The normalized spacial score (nSPS) is 10.5. The zero-order valence-corrected chi connectivity index (χ0v) is 12.0. The maximum absolute atomic E-state index is 12.1. The van der Waals surface area contributed by atoms with Crippen molar-refractivity contribution < 1.29 is 4.79 Å². The van der Waals surface area contributed by atoms with Gasteiger partial charge in [-0.3, -0.25) is 10.1 Å². The summed E-state index contributed by atoms with van der Waals surface area (Å²) in [6, 6.07) is 3.21. The third-order valence-electron chi connectivity index (χ3n) is 2.48. The number of amides is 1. The molecule has 0 saturated carbocycles. The Bertz CT molecular complexity index is 604. The smallest absolute Gasteiger partial charge is 0.274 e. The first-order valence-electron chi connectivity index (χ1n) is 5.68. The minimum absolute atomic E-state index is 0.176. The van der Waals surface area contributed by atoms with E-state index in [-0.39, 0.29) is 17.0 Å². The molecule has 0 aliphatic rings. The average molecular weight is 299 g/mol. The highest BCUT2D eigenvalue weighted by molar-refractivity contribution is 6.31. The number of hydrogen-bond acceptors (Lipinski definition) is 3. The van der Waals surface area contributed by atoms with Crippen molar-refractivity contribution in [2.24, 2.45) is 0 Å². The van der Waals surface area contributed by atoms with Crippen LogP contribution >= 0.6 is 23.2 Å². The summed E-state index contributed by atoms with van der Waals surface area (Å²) in [5, 5.41) is 3.40. The quantitative estimate of drug-likeness (QED) is 0.886. The van der Waals surface area contributed by atoms with Gasteiger partial charge in [-0.2, -0.15) is 0 Å². The Balaban J connectivity index is 2.25. The third-order valence-corrected chi connectivity index (χ3v) is 2.89. The predicted octanol–water partition coefficient (Wildman–Crippen LogP) is 3.17. The molecule has 2 aromatic heterocycles. The van der Waals surface area contributed by atoms with Gasteiger partial charge in [0.25, 0.3) is 5.91 Å². The van der Waals surface area contributed by atoms with Crippen molar-refractivity contribution in [3.05, 3.63) is 39.9 Å². The molecule has 100 valence electrons. The van der Waals surface area contributed by atoms with E-state index in [9.17, 15) is 4.79 Å². The number of nitrogens with zero attached hydrogens (tertiary/aromatic N) is 3. The summed E-state index contributed by atoms with van der Waals surface area (Å²) >= 11 is 11.7. The first-order valence-corrected chi connectivity index (χ1v) is 6.43. The van der Waals surface area contributed by atoms with E-state index in [4.69, 9.17) is 23.2 Å². The number of rotatable bonds is 3. The summed E-state index contributed by atoms with van der Waals surface area (Å²) in [5.74, 6) is -0.148. The molecule has 2 aromatic rings. The molecule has 0 fully saturated rings. The summed E-state index contributed by atoms with van der Waals surface area (Å²) in [6.45, 7) is 4.34. The standard InChI is InChI=1S/C12H12Cl2N4O/c1-3-18-6-8(13)5-9(18)11(19)17-12-15-7(2)4-10(14)16-12/h4-6H,3H2,1-2H3,(H,15,16,17,19). The number of halogens is 2. The second-order valence-corrected chi connectivity index (χ2v) is 4.76. The molecule has 0 aliphatic carbocycles. The molecule has 0 aliphatic heterocycles. The molecule has 2 heterocycles. The molecule has 19 heavy (non-hydrogen) atoms. The van der Waals surface area contributed by atoms with Crippen LogP contribution in [-0.4, -0.2) is 20.4 Å². The van der Waals surface area contributed by atoms with Crippen LogP contribution < -0.4 is 5.32 Å². The summed E-state index contributed by atoms with van der Waals surface area (Å²) in [5.41, 5.74) is 1.13. The Morgan fingerprint density at radius 3 is 2.74 bits per heavy atom. The Labute approximate surface area is 120 Å². The Hall–Kier alpha value is -1.59. The van der Waals surface area contributed by atoms with Crippen molar-refractivity contribution in [1.29, 1.82) is 0 Å². The van der Waals surface area contributed by atoms with E-state index in [1.807, 2.05) is 6.92 Å². The molecule has 0 atom stereocenters. The highest BCUT2D eigenvalue weighted by atomic mass is 35.5. The fraction of sp³-hybridized carbons (Fsp3) is 0.250. The molecule has 0 radical (unpaired) electrons. The Kier molecular flexibility index (Phi) is 4.07. The maximum Gasteiger partial charge on any atom is 0.274 e. The van der Waals surface area contributed by atoms with Gasteiger partial charge in [-0.25, -0.2) is 9.97 Å². The van der Waals surface area contributed by atoms with E-state index >= 15 is 0 Å². The summed E-state index contributed by atoms with van der Waals surface area (Å²) < 4.78 is 1.75. The van der Waals surface area contributed by atoms with Gasteiger partial charge < -0.3 is 4.57 Å². The first-order chi connectivity index (χ1) is 8.99. The van der Waals surface area contributed by atoms with Crippen LogP contribution in [-0.2, 0) is 6.54 Å². The lowest BCUT2D eigenvalue weighted by Gasteiger charge is -2.07. The maximum atomic E-state index is 12.1. The number of nitrogens with one attached hydrogen (secondary N) is 1. The number of carbonyl (C=O) groups is 1. The molecule has 0 saturated heterocycles. The van der Waals surface area contributed by atoms with E-state index in [0.29, 0.717) is 23.0 Å². The van der Waals surface area contributed by atoms with Crippen LogP contribution in [0.4, 0.5) is 5.95 Å². The van der Waals surface area contributed by atoms with E-state index in [1.54, 1.807) is 29.8 Å². The molecular formula is C12H12Cl2N4O. The van der Waals surface area contributed by atoms with Crippen LogP contribution in [0.5, 0.6) is 0 Å². The first kappa shape index (κ1) is 13.8. The van der Waals surface area contributed by atoms with Crippen molar-refractivity contribution in [1.82, 2.24) is 14.5 Å². The molecule has 1 N–H and O–H groups in total. The van der Waals surface area contributed by atoms with E-state index in [1.165, 1.54) is 0 Å². The molecule has 1 amide bonds. The number of hydrogen-bond donors (Lipinski definition) is 1. The van der Waals surface area contributed by atoms with Gasteiger partial charge in [-0.1, -0.05) is 23.2 Å². The van der Waals surface area contributed by atoms with Crippen molar-refractivity contribution in [2.75, 3.05) is 5.32 Å². The van der Waals surface area contributed by atoms with Crippen LogP contribution in [0.1, 0.15) is 23.1 Å². The highest BCUT2D eigenvalue weighted by Gasteiger charge is 2.14. The van der Waals surface area contributed by atoms with Gasteiger partial charge in [-0.05, 0) is 26.0 Å². The summed E-state index contributed by atoms with van der Waals surface area (Å²) in [7, 11) is 0. The zero-order valence-electron chi connectivity index (χ0n) is 10.4. The van der Waals surface area contributed by atoms with E-state index < -0.39 is 0 Å². The fourth-order valence-electron chi connectivity index (χ4n) is 1.68. The van der Waals surface area contributed by atoms with Crippen molar-refractivity contribution in [3.8, 4) is 0 Å². The second-order valence-electron chi connectivity index (χ2n) is 3.94. The van der Waals surface area contributed by atoms with Crippen molar-refractivity contribution >= 4 is 35.1 Å². The van der Waals surface area contributed by atoms with Crippen LogP contribution in [0.15, 0.2) is 18.3 Å². The van der Waals surface area contributed by atoms with Gasteiger partial charge in [0.15, 0.2) is 0 Å². The lowest BCUT2D eigenvalue weighted by atomic mass is 10.4. The third kappa shape index (κ3) is 3.24. The molecular weight excluding hydrogens is 287 g/mol. The highest BCUT2D eigenvalue weighted by Crippen LogP contribution is 2.16. The molecule has 5 nitrogen and oxygen atoms in total. The molecule has 0 bridgehead atoms. The molecule has 0 spiro atoms. The Morgan fingerprint density at radius 2 is 2.11 bits per heavy atom. The minimum atomic E-state index is -0.324. The predicted molar refractivity (Wildman–Crippen MR) is 74.8 cm³/mol. The van der Waals surface area contributed by atoms with Gasteiger partial charge in [0, 0.05) is 18.4 Å². The zero-order chi connectivity index (χ0) is 14.0. The number of aromatic nitrogens is 3. The van der Waals surface area contributed by atoms with Crippen molar-refractivity contribution in [3.63, 3.8) is 0 Å². The van der Waals surface area contributed by atoms with Crippen LogP contribution in [0, 0.1) is 6.92 Å². The lowest BCUT2D eigenvalue weighted by molar-refractivity contribution is 0.101. The Morgan fingerprint density at radius 1 is 1.37 bits per heavy atom. The van der Waals surface area contributed by atoms with Crippen LogP contribution in [0.3, 0.4) is 0 Å². The fourth-order valence-corrected chi connectivity index (χ4v) is 2.14. The lowest BCUT2D eigenvalue weighted by Crippen LogP contribution is -2.18.